The molecule has 3 aromatic rings. The molecule has 2 saturated heterocycles. The summed E-state index contributed by atoms with van der Waals surface area (Å²) < 4.78 is 17.5. The minimum atomic E-state index is -0.467. The van der Waals surface area contributed by atoms with Gasteiger partial charge in [0.05, 0.1) is 26.4 Å². The lowest BCUT2D eigenvalue weighted by Gasteiger charge is -2.34. The molecule has 0 radical (unpaired) electrons. The molecule has 3 aromatic carbocycles. The summed E-state index contributed by atoms with van der Waals surface area (Å²) >= 11 is 0. The van der Waals surface area contributed by atoms with Crippen LogP contribution in [0.15, 0.2) is 54.6 Å². The smallest absolute Gasteiger partial charge is 0.140 e. The van der Waals surface area contributed by atoms with E-state index in [0.717, 1.165) is 34.4 Å². The van der Waals surface area contributed by atoms with E-state index in [0.29, 0.717) is 31.3 Å². The highest BCUT2D eigenvalue weighted by molar-refractivity contribution is 5.53. The molecule has 0 amide bonds. The quantitative estimate of drug-likeness (QED) is 0.351. The van der Waals surface area contributed by atoms with Crippen LogP contribution in [0.4, 0.5) is 0 Å². The minimum Gasteiger partial charge on any atom is -0.508 e. The van der Waals surface area contributed by atoms with Gasteiger partial charge in [-0.2, -0.15) is 0 Å². The summed E-state index contributed by atoms with van der Waals surface area (Å²) in [6.07, 6.45) is 0.212. The summed E-state index contributed by atoms with van der Waals surface area (Å²) in [6, 6.07) is 18.4. The fourth-order valence-electron chi connectivity index (χ4n) is 5.18. The summed E-state index contributed by atoms with van der Waals surface area (Å²) in [5, 5.41) is 20.3. The Kier molecular flexibility index (Phi) is 6.38. The van der Waals surface area contributed by atoms with Crippen molar-refractivity contribution in [1.82, 2.24) is 0 Å². The SMILES string of the molecule is Cc1cc(C(C)(C)c2ccc(C3(COCC4CO4)CO3)c(C(C)(C)c3ccc(O)c(C)c3)c2)ccc1O. The second-order valence-electron chi connectivity index (χ2n) is 11.8. The molecule has 37 heavy (non-hydrogen) atoms. The molecule has 2 aliphatic heterocycles. The van der Waals surface area contributed by atoms with Crippen molar-refractivity contribution < 1.29 is 24.4 Å². The Balaban J connectivity index is 1.60. The van der Waals surface area contributed by atoms with Gasteiger partial charge in [0.2, 0.25) is 0 Å². The number of phenols is 2. The second-order valence-corrected chi connectivity index (χ2v) is 11.8. The molecule has 0 aromatic heterocycles. The lowest BCUT2D eigenvalue weighted by Crippen LogP contribution is -2.29. The van der Waals surface area contributed by atoms with Gasteiger partial charge in [-0.1, -0.05) is 70.2 Å². The summed E-state index contributed by atoms with van der Waals surface area (Å²) in [5.41, 5.74) is 6.38. The van der Waals surface area contributed by atoms with Crippen molar-refractivity contribution in [2.24, 2.45) is 0 Å². The number of epoxide rings is 2. The average Bonchev–Trinajstić information content (AvgIpc) is 3.79. The number of aromatic hydroxyl groups is 2. The molecule has 5 rings (SSSR count). The molecule has 5 heteroatoms. The van der Waals surface area contributed by atoms with E-state index in [4.69, 9.17) is 14.2 Å². The first-order valence-electron chi connectivity index (χ1n) is 13.0. The monoisotopic (exact) mass is 502 g/mol. The Morgan fingerprint density at radius 3 is 1.86 bits per heavy atom. The van der Waals surface area contributed by atoms with Crippen LogP contribution in [0.5, 0.6) is 11.5 Å². The zero-order valence-electron chi connectivity index (χ0n) is 22.7. The van der Waals surface area contributed by atoms with E-state index in [2.05, 4.69) is 58.0 Å². The molecule has 196 valence electrons. The molecule has 2 atom stereocenters. The van der Waals surface area contributed by atoms with Gasteiger partial charge in [0.15, 0.2) is 0 Å². The fraction of sp³-hybridized carbons (Fsp3) is 0.438. The van der Waals surface area contributed by atoms with Gasteiger partial charge < -0.3 is 24.4 Å². The lowest BCUT2D eigenvalue weighted by atomic mass is 9.70. The third-order valence-electron chi connectivity index (χ3n) is 8.28. The van der Waals surface area contributed by atoms with Crippen LogP contribution in [-0.4, -0.2) is 42.7 Å². The summed E-state index contributed by atoms with van der Waals surface area (Å²) in [6.45, 7) is 15.2. The van der Waals surface area contributed by atoms with E-state index in [1.54, 1.807) is 12.1 Å². The standard InChI is InChI=1S/C32H38O5/c1-20-13-22(8-11-28(20)33)30(3,4)24-7-10-26(32(19-37-32)18-35-16-25-17-36-25)27(15-24)31(5,6)23-9-12-29(34)21(2)14-23/h7-15,25,33-34H,16-19H2,1-6H3. The number of rotatable bonds is 9. The maximum Gasteiger partial charge on any atom is 0.140 e. The van der Waals surface area contributed by atoms with Crippen LogP contribution < -0.4 is 0 Å². The van der Waals surface area contributed by atoms with Gasteiger partial charge >= 0.3 is 0 Å². The maximum atomic E-state index is 10.2. The van der Waals surface area contributed by atoms with E-state index in [1.165, 1.54) is 11.1 Å². The summed E-state index contributed by atoms with van der Waals surface area (Å²) in [7, 11) is 0. The molecule has 0 aliphatic carbocycles. The highest BCUT2D eigenvalue weighted by Gasteiger charge is 2.50. The zero-order chi connectivity index (χ0) is 26.6. The molecule has 2 fully saturated rings. The molecule has 0 spiro atoms. The Bertz CT molecular complexity index is 1310. The maximum absolute atomic E-state index is 10.2. The van der Waals surface area contributed by atoms with Crippen LogP contribution >= 0.6 is 0 Å². The highest BCUT2D eigenvalue weighted by Crippen LogP contribution is 2.48. The largest absolute Gasteiger partial charge is 0.508 e. The van der Waals surface area contributed by atoms with E-state index >= 15 is 0 Å². The Labute approximate surface area is 220 Å². The molecule has 2 aliphatic rings. The van der Waals surface area contributed by atoms with Gasteiger partial charge in [0.25, 0.3) is 0 Å². The number of ether oxygens (including phenoxy) is 3. The van der Waals surface area contributed by atoms with Gasteiger partial charge in [-0.05, 0) is 64.9 Å². The van der Waals surface area contributed by atoms with E-state index in [-0.39, 0.29) is 16.9 Å². The van der Waals surface area contributed by atoms with Crippen LogP contribution in [0.25, 0.3) is 0 Å². The van der Waals surface area contributed by atoms with Gasteiger partial charge in [-0.3, -0.25) is 0 Å². The average molecular weight is 503 g/mol. The predicted octanol–water partition coefficient (Wildman–Crippen LogP) is 6.01. The molecule has 0 bridgehead atoms. The lowest BCUT2D eigenvalue weighted by molar-refractivity contribution is 0.0665. The molecular weight excluding hydrogens is 464 g/mol. The molecule has 2 unspecified atom stereocenters. The summed E-state index contributed by atoms with van der Waals surface area (Å²) in [4.78, 5) is 0. The number of benzene rings is 3. The first-order valence-corrected chi connectivity index (χ1v) is 13.0. The molecular formula is C32H38O5. The molecule has 2 N–H and O–H groups in total. The second kappa shape index (κ2) is 9.16. The van der Waals surface area contributed by atoms with Crippen LogP contribution in [-0.2, 0) is 30.6 Å². The van der Waals surface area contributed by atoms with Crippen molar-refractivity contribution in [2.45, 2.75) is 64.1 Å². The highest BCUT2D eigenvalue weighted by atomic mass is 16.6. The zero-order valence-corrected chi connectivity index (χ0v) is 22.7. The van der Waals surface area contributed by atoms with Crippen molar-refractivity contribution in [3.63, 3.8) is 0 Å². The van der Waals surface area contributed by atoms with E-state index in [1.807, 2.05) is 26.0 Å². The fourth-order valence-corrected chi connectivity index (χ4v) is 5.18. The van der Waals surface area contributed by atoms with Gasteiger partial charge in [0, 0.05) is 10.8 Å². The van der Waals surface area contributed by atoms with Crippen molar-refractivity contribution in [3.05, 3.63) is 93.5 Å². The van der Waals surface area contributed by atoms with Crippen LogP contribution in [0.3, 0.4) is 0 Å². The number of hydrogen-bond donors (Lipinski definition) is 2. The van der Waals surface area contributed by atoms with Crippen molar-refractivity contribution in [1.29, 1.82) is 0 Å². The van der Waals surface area contributed by atoms with Gasteiger partial charge in [-0.15, -0.1) is 0 Å². The predicted molar refractivity (Wildman–Crippen MR) is 145 cm³/mol. The minimum absolute atomic E-state index is 0.212. The third kappa shape index (κ3) is 4.88. The normalized spacial score (nSPS) is 21.2. The molecule has 2 heterocycles. The topological polar surface area (TPSA) is 74.8 Å². The molecule has 5 nitrogen and oxygen atoms in total. The van der Waals surface area contributed by atoms with E-state index in [9.17, 15) is 10.2 Å². The number of aryl methyl sites for hydroxylation is 2. The van der Waals surface area contributed by atoms with Gasteiger partial charge in [0.1, 0.15) is 23.2 Å². The van der Waals surface area contributed by atoms with Gasteiger partial charge in [-0.25, -0.2) is 0 Å². The van der Waals surface area contributed by atoms with Crippen molar-refractivity contribution in [2.75, 3.05) is 26.4 Å². The van der Waals surface area contributed by atoms with Crippen LogP contribution in [0.1, 0.15) is 66.6 Å². The first-order chi connectivity index (χ1) is 17.4. The number of hydrogen-bond acceptors (Lipinski definition) is 5. The van der Waals surface area contributed by atoms with Crippen LogP contribution in [0, 0.1) is 13.8 Å². The first kappa shape index (κ1) is 25.8. The molecule has 0 saturated carbocycles. The van der Waals surface area contributed by atoms with E-state index < -0.39 is 5.60 Å². The summed E-state index contributed by atoms with van der Waals surface area (Å²) in [5.74, 6) is 0.610. The van der Waals surface area contributed by atoms with Crippen molar-refractivity contribution in [3.8, 4) is 11.5 Å². The Hall–Kier alpha value is -2.86. The number of phenolic OH excluding ortho intramolecular Hbond substituents is 2. The van der Waals surface area contributed by atoms with Crippen LogP contribution in [0.2, 0.25) is 0 Å². The Morgan fingerprint density at radius 2 is 1.35 bits per heavy atom. The Morgan fingerprint density at radius 1 is 0.838 bits per heavy atom. The van der Waals surface area contributed by atoms with Crippen molar-refractivity contribution >= 4 is 0 Å². The third-order valence-corrected chi connectivity index (χ3v) is 8.28.